The number of rotatable bonds is 6. The molecule has 0 radical (unpaired) electrons. The van der Waals surface area contributed by atoms with Gasteiger partial charge in [-0.15, -0.1) is 0 Å². The fourth-order valence-corrected chi connectivity index (χ4v) is 2.74. The van der Waals surface area contributed by atoms with Crippen LogP contribution in [0.2, 0.25) is 5.02 Å². The summed E-state index contributed by atoms with van der Waals surface area (Å²) in [6, 6.07) is 14.1. The van der Waals surface area contributed by atoms with Gasteiger partial charge in [0.15, 0.2) is 0 Å². The van der Waals surface area contributed by atoms with Gasteiger partial charge in [-0.1, -0.05) is 36.7 Å². The van der Waals surface area contributed by atoms with E-state index in [1.165, 1.54) is 5.56 Å². The van der Waals surface area contributed by atoms with E-state index in [9.17, 15) is 0 Å². The van der Waals surface area contributed by atoms with Gasteiger partial charge in [-0.05, 0) is 43.3 Å². The van der Waals surface area contributed by atoms with E-state index in [0.29, 0.717) is 0 Å². The average molecular weight is 304 g/mol. The van der Waals surface area contributed by atoms with Crippen molar-refractivity contribution in [3.05, 3.63) is 64.9 Å². The van der Waals surface area contributed by atoms with E-state index in [4.69, 9.17) is 17.3 Å². The molecule has 0 aliphatic rings. The standard InChI is InChI=1S/C17H22ClN3/c1-3-21(12-16-6-4-5-11-20-16)17(13(2)19)14-7-9-15(18)10-8-14/h4-11,13,17H,3,12,19H2,1-2H3. The molecule has 1 aromatic heterocycles. The number of aromatic nitrogens is 1. The topological polar surface area (TPSA) is 42.2 Å². The minimum Gasteiger partial charge on any atom is -0.326 e. The Morgan fingerprint density at radius 2 is 1.90 bits per heavy atom. The highest BCUT2D eigenvalue weighted by atomic mass is 35.5. The van der Waals surface area contributed by atoms with Crippen molar-refractivity contribution in [2.45, 2.75) is 32.5 Å². The first-order chi connectivity index (χ1) is 10.1. The monoisotopic (exact) mass is 303 g/mol. The third-order valence-corrected chi connectivity index (χ3v) is 3.85. The summed E-state index contributed by atoms with van der Waals surface area (Å²) in [5.41, 5.74) is 8.48. The highest BCUT2D eigenvalue weighted by molar-refractivity contribution is 6.30. The lowest BCUT2D eigenvalue weighted by Gasteiger charge is -2.33. The fourth-order valence-electron chi connectivity index (χ4n) is 2.61. The van der Waals surface area contributed by atoms with Crippen LogP contribution in [0.5, 0.6) is 0 Å². The number of likely N-dealkylation sites (N-methyl/N-ethyl adjacent to an activating group) is 1. The van der Waals surface area contributed by atoms with Gasteiger partial charge in [-0.25, -0.2) is 0 Å². The third-order valence-electron chi connectivity index (χ3n) is 3.60. The Hall–Kier alpha value is -1.42. The normalized spacial score (nSPS) is 14.1. The molecule has 2 atom stereocenters. The second kappa shape index (κ2) is 7.55. The van der Waals surface area contributed by atoms with Crippen molar-refractivity contribution >= 4 is 11.6 Å². The lowest BCUT2D eigenvalue weighted by molar-refractivity contribution is 0.175. The minimum absolute atomic E-state index is 0.0230. The molecule has 2 rings (SSSR count). The molecule has 2 aromatic rings. The molecule has 1 heterocycles. The smallest absolute Gasteiger partial charge is 0.0544 e. The van der Waals surface area contributed by atoms with Crippen molar-refractivity contribution in [3.8, 4) is 0 Å². The molecular formula is C17H22ClN3. The van der Waals surface area contributed by atoms with Crippen LogP contribution in [-0.4, -0.2) is 22.5 Å². The van der Waals surface area contributed by atoms with E-state index in [2.05, 4.69) is 28.9 Å². The molecule has 0 aliphatic heterocycles. The van der Waals surface area contributed by atoms with Crippen LogP contribution in [0.15, 0.2) is 48.7 Å². The first kappa shape index (κ1) is 16.0. The summed E-state index contributed by atoms with van der Waals surface area (Å²) in [4.78, 5) is 6.76. The van der Waals surface area contributed by atoms with E-state index in [-0.39, 0.29) is 12.1 Å². The average Bonchev–Trinajstić information content (AvgIpc) is 2.49. The van der Waals surface area contributed by atoms with Crippen molar-refractivity contribution in [3.63, 3.8) is 0 Å². The molecule has 0 saturated carbocycles. The van der Waals surface area contributed by atoms with Crippen LogP contribution in [-0.2, 0) is 6.54 Å². The van der Waals surface area contributed by atoms with Crippen molar-refractivity contribution in [2.24, 2.45) is 5.73 Å². The van der Waals surface area contributed by atoms with Crippen LogP contribution in [0.25, 0.3) is 0 Å². The molecule has 0 amide bonds. The van der Waals surface area contributed by atoms with Gasteiger partial charge in [0.25, 0.3) is 0 Å². The van der Waals surface area contributed by atoms with Gasteiger partial charge in [0.1, 0.15) is 0 Å². The molecule has 1 aromatic carbocycles. The zero-order chi connectivity index (χ0) is 15.2. The molecular weight excluding hydrogens is 282 g/mol. The molecule has 0 spiro atoms. The number of hydrogen-bond acceptors (Lipinski definition) is 3. The van der Waals surface area contributed by atoms with E-state index >= 15 is 0 Å². The third kappa shape index (κ3) is 4.27. The lowest BCUT2D eigenvalue weighted by Crippen LogP contribution is -2.39. The van der Waals surface area contributed by atoms with Gasteiger partial charge in [0.05, 0.1) is 11.7 Å². The lowest BCUT2D eigenvalue weighted by atomic mass is 9.99. The minimum atomic E-state index is 0.0230. The van der Waals surface area contributed by atoms with Gasteiger partial charge in [0.2, 0.25) is 0 Å². The number of nitrogens with two attached hydrogens (primary N) is 1. The summed E-state index contributed by atoms with van der Waals surface area (Å²) < 4.78 is 0. The Kier molecular flexibility index (Phi) is 5.74. The summed E-state index contributed by atoms with van der Waals surface area (Å²) in [5, 5.41) is 0.745. The summed E-state index contributed by atoms with van der Waals surface area (Å²) in [6.07, 6.45) is 1.83. The first-order valence-electron chi connectivity index (χ1n) is 7.26. The predicted octanol–water partition coefficient (Wildman–Crippen LogP) is 3.65. The molecule has 112 valence electrons. The maximum atomic E-state index is 6.24. The number of pyridine rings is 1. The molecule has 0 bridgehead atoms. The number of nitrogens with zero attached hydrogens (tertiary/aromatic N) is 2. The van der Waals surface area contributed by atoms with Gasteiger partial charge >= 0.3 is 0 Å². The van der Waals surface area contributed by atoms with Crippen LogP contribution in [0.3, 0.4) is 0 Å². The van der Waals surface area contributed by atoms with Gasteiger partial charge < -0.3 is 5.73 Å². The number of benzene rings is 1. The second-order valence-electron chi connectivity index (χ2n) is 5.24. The van der Waals surface area contributed by atoms with Crippen molar-refractivity contribution in [2.75, 3.05) is 6.54 Å². The van der Waals surface area contributed by atoms with Crippen molar-refractivity contribution in [1.29, 1.82) is 0 Å². The zero-order valence-electron chi connectivity index (χ0n) is 12.5. The molecule has 0 fully saturated rings. The van der Waals surface area contributed by atoms with Crippen LogP contribution in [0.1, 0.15) is 31.1 Å². The van der Waals surface area contributed by atoms with Gasteiger partial charge in [-0.2, -0.15) is 0 Å². The van der Waals surface area contributed by atoms with Crippen molar-refractivity contribution < 1.29 is 0 Å². The van der Waals surface area contributed by atoms with E-state index in [1.54, 1.807) is 0 Å². The molecule has 21 heavy (non-hydrogen) atoms. The van der Waals surface area contributed by atoms with Crippen molar-refractivity contribution in [1.82, 2.24) is 9.88 Å². The highest BCUT2D eigenvalue weighted by Crippen LogP contribution is 2.26. The molecule has 4 heteroatoms. The largest absolute Gasteiger partial charge is 0.326 e. The van der Waals surface area contributed by atoms with E-state index in [1.807, 2.05) is 43.5 Å². The zero-order valence-corrected chi connectivity index (χ0v) is 13.3. The number of hydrogen-bond donors (Lipinski definition) is 1. The highest BCUT2D eigenvalue weighted by Gasteiger charge is 2.23. The van der Waals surface area contributed by atoms with Crippen LogP contribution < -0.4 is 5.73 Å². The Labute approximate surface area is 131 Å². The number of halogens is 1. The van der Waals surface area contributed by atoms with E-state index in [0.717, 1.165) is 23.8 Å². The summed E-state index contributed by atoms with van der Waals surface area (Å²) in [7, 11) is 0. The summed E-state index contributed by atoms with van der Waals surface area (Å²) in [6.45, 7) is 5.88. The van der Waals surface area contributed by atoms with Crippen LogP contribution in [0, 0.1) is 0 Å². The Morgan fingerprint density at radius 1 is 1.19 bits per heavy atom. The van der Waals surface area contributed by atoms with E-state index < -0.39 is 0 Å². The predicted molar refractivity (Wildman–Crippen MR) is 88.2 cm³/mol. The fraction of sp³-hybridized carbons (Fsp3) is 0.353. The second-order valence-corrected chi connectivity index (χ2v) is 5.68. The maximum absolute atomic E-state index is 6.24. The quantitative estimate of drug-likeness (QED) is 0.886. The molecule has 3 nitrogen and oxygen atoms in total. The van der Waals surface area contributed by atoms with Crippen LogP contribution in [0.4, 0.5) is 0 Å². The Bertz CT molecular complexity index is 540. The molecule has 2 N–H and O–H groups in total. The SMILES string of the molecule is CCN(Cc1ccccn1)C(c1ccc(Cl)cc1)C(C)N. The summed E-state index contributed by atoms with van der Waals surface area (Å²) >= 11 is 5.98. The summed E-state index contributed by atoms with van der Waals surface area (Å²) in [5.74, 6) is 0. The first-order valence-corrected chi connectivity index (χ1v) is 7.64. The van der Waals surface area contributed by atoms with Crippen LogP contribution >= 0.6 is 11.6 Å². The maximum Gasteiger partial charge on any atom is 0.0544 e. The van der Waals surface area contributed by atoms with Gasteiger partial charge in [0, 0.05) is 23.8 Å². The molecule has 2 unspecified atom stereocenters. The Morgan fingerprint density at radius 3 is 2.43 bits per heavy atom. The Balaban J connectivity index is 2.24. The molecule has 0 saturated heterocycles. The van der Waals surface area contributed by atoms with Gasteiger partial charge in [-0.3, -0.25) is 9.88 Å². The molecule has 0 aliphatic carbocycles.